The molecule has 0 bridgehead atoms. The first-order chi connectivity index (χ1) is 10.8. The lowest BCUT2D eigenvalue weighted by Gasteiger charge is -2.31. The number of carbonyl (C=O) groups excluding carboxylic acids is 2. The molecule has 1 atom stereocenters. The van der Waals surface area contributed by atoms with E-state index < -0.39 is 17.9 Å². The van der Waals surface area contributed by atoms with Crippen LogP contribution in [0.25, 0.3) is 0 Å². The fourth-order valence-electron chi connectivity index (χ4n) is 3.13. The highest BCUT2D eigenvalue weighted by Gasteiger charge is 2.39. The zero-order valence-electron chi connectivity index (χ0n) is 15.5. The first-order valence-electron chi connectivity index (χ1n) is 9.16. The van der Waals surface area contributed by atoms with Gasteiger partial charge in [0.05, 0.1) is 13.2 Å². The summed E-state index contributed by atoms with van der Waals surface area (Å²) in [5.74, 6) is -0.694. The van der Waals surface area contributed by atoms with E-state index in [1.54, 1.807) is 0 Å². The molecule has 0 aliphatic heterocycles. The van der Waals surface area contributed by atoms with Crippen molar-refractivity contribution in [3.05, 3.63) is 0 Å². The summed E-state index contributed by atoms with van der Waals surface area (Å²) in [5, 5.41) is 0. The molecule has 0 radical (unpaired) electrons. The smallest absolute Gasteiger partial charge is 0.320 e. The van der Waals surface area contributed by atoms with Crippen molar-refractivity contribution in [2.75, 3.05) is 13.2 Å². The van der Waals surface area contributed by atoms with Gasteiger partial charge in [0.15, 0.2) is 5.92 Å². The van der Waals surface area contributed by atoms with Gasteiger partial charge in [-0.15, -0.1) is 0 Å². The summed E-state index contributed by atoms with van der Waals surface area (Å²) in [6, 6.07) is 0. The van der Waals surface area contributed by atoms with E-state index in [1.807, 2.05) is 34.6 Å². The molecule has 0 heterocycles. The predicted octanol–water partition coefficient (Wildman–Crippen LogP) is 4.22. The Morgan fingerprint density at radius 1 is 0.826 bits per heavy atom. The summed E-state index contributed by atoms with van der Waals surface area (Å²) in [5.41, 5.74) is 0. The lowest BCUT2D eigenvalue weighted by molar-refractivity contribution is -0.167. The molecule has 0 aromatic rings. The van der Waals surface area contributed by atoms with Crippen molar-refractivity contribution < 1.29 is 19.1 Å². The molecule has 1 fully saturated rings. The van der Waals surface area contributed by atoms with Gasteiger partial charge < -0.3 is 9.47 Å². The third kappa shape index (κ3) is 6.92. The summed E-state index contributed by atoms with van der Waals surface area (Å²) in [7, 11) is 0. The molecule has 4 heteroatoms. The maximum atomic E-state index is 12.5. The van der Waals surface area contributed by atoms with Crippen LogP contribution < -0.4 is 0 Å². The minimum atomic E-state index is -0.782. The average Bonchev–Trinajstić information content (AvgIpc) is 2.51. The molecular formula is C19H34O4. The third-order valence-corrected chi connectivity index (χ3v) is 4.54. The molecule has 1 aliphatic carbocycles. The fraction of sp³-hybridized carbons (Fsp3) is 0.895. The Morgan fingerprint density at radius 3 is 1.65 bits per heavy atom. The number of rotatable bonds is 8. The van der Waals surface area contributed by atoms with Crippen molar-refractivity contribution in [2.45, 2.75) is 66.7 Å². The molecule has 0 aromatic carbocycles. The second-order valence-electron chi connectivity index (χ2n) is 7.78. The Bertz CT molecular complexity index is 346. The molecule has 1 rings (SSSR count). The lowest BCUT2D eigenvalue weighted by atomic mass is 9.75. The van der Waals surface area contributed by atoms with Gasteiger partial charge in [-0.2, -0.15) is 0 Å². The first kappa shape index (κ1) is 20.0. The van der Waals surface area contributed by atoms with E-state index in [-0.39, 0.29) is 17.8 Å². The molecule has 134 valence electrons. The number of hydrogen-bond acceptors (Lipinski definition) is 4. The minimum Gasteiger partial charge on any atom is -0.465 e. The molecule has 0 saturated heterocycles. The van der Waals surface area contributed by atoms with Crippen LogP contribution in [0.5, 0.6) is 0 Å². The molecule has 1 aliphatic rings. The topological polar surface area (TPSA) is 52.6 Å². The zero-order valence-corrected chi connectivity index (χ0v) is 15.5. The van der Waals surface area contributed by atoms with Crippen molar-refractivity contribution in [1.29, 1.82) is 0 Å². The molecule has 23 heavy (non-hydrogen) atoms. The van der Waals surface area contributed by atoms with Gasteiger partial charge in [-0.25, -0.2) is 0 Å². The SMILES string of the molecule is CC(C)COC(=O)C(C(=O)OCC(C)C)C(C)C1CCCCC1. The van der Waals surface area contributed by atoms with Crippen LogP contribution in [0.1, 0.15) is 66.7 Å². The highest BCUT2D eigenvalue weighted by atomic mass is 16.6. The number of ether oxygens (including phenoxy) is 2. The molecule has 0 amide bonds. The summed E-state index contributed by atoms with van der Waals surface area (Å²) in [4.78, 5) is 25.0. The van der Waals surface area contributed by atoms with Crippen molar-refractivity contribution in [2.24, 2.45) is 29.6 Å². The predicted molar refractivity (Wildman–Crippen MR) is 90.8 cm³/mol. The second-order valence-corrected chi connectivity index (χ2v) is 7.78. The standard InChI is InChI=1S/C19H34O4/c1-13(2)11-22-18(20)17(19(21)23-12-14(3)4)15(5)16-9-7-6-8-10-16/h13-17H,6-12H2,1-5H3. The van der Waals surface area contributed by atoms with Crippen LogP contribution in [-0.4, -0.2) is 25.2 Å². The third-order valence-electron chi connectivity index (χ3n) is 4.54. The van der Waals surface area contributed by atoms with Crippen molar-refractivity contribution in [1.82, 2.24) is 0 Å². The van der Waals surface area contributed by atoms with E-state index in [4.69, 9.17) is 9.47 Å². The monoisotopic (exact) mass is 326 g/mol. The van der Waals surface area contributed by atoms with Gasteiger partial charge in [0.2, 0.25) is 0 Å². The lowest BCUT2D eigenvalue weighted by Crippen LogP contribution is -2.38. The molecule has 1 unspecified atom stereocenters. The van der Waals surface area contributed by atoms with E-state index in [2.05, 4.69) is 0 Å². The van der Waals surface area contributed by atoms with Gasteiger partial charge >= 0.3 is 11.9 Å². The molecular weight excluding hydrogens is 292 g/mol. The molecule has 1 saturated carbocycles. The Labute approximate surface area is 141 Å². The van der Waals surface area contributed by atoms with Gasteiger partial charge in [-0.3, -0.25) is 9.59 Å². The van der Waals surface area contributed by atoms with Crippen LogP contribution in [0.2, 0.25) is 0 Å². The van der Waals surface area contributed by atoms with Crippen molar-refractivity contribution in [3.63, 3.8) is 0 Å². The van der Waals surface area contributed by atoms with Crippen molar-refractivity contribution in [3.8, 4) is 0 Å². The molecule has 4 nitrogen and oxygen atoms in total. The average molecular weight is 326 g/mol. The number of esters is 2. The van der Waals surface area contributed by atoms with Gasteiger partial charge in [0.25, 0.3) is 0 Å². The van der Waals surface area contributed by atoms with E-state index in [0.717, 1.165) is 12.8 Å². The Hall–Kier alpha value is -1.06. The quantitative estimate of drug-likeness (QED) is 0.495. The Kier molecular flexibility index (Phi) is 8.64. The summed E-state index contributed by atoms with van der Waals surface area (Å²) >= 11 is 0. The maximum Gasteiger partial charge on any atom is 0.320 e. The Balaban J connectivity index is 2.76. The normalized spacial score (nSPS) is 17.6. The number of carbonyl (C=O) groups is 2. The van der Waals surface area contributed by atoms with E-state index in [0.29, 0.717) is 19.1 Å². The summed E-state index contributed by atoms with van der Waals surface area (Å²) < 4.78 is 10.7. The van der Waals surface area contributed by atoms with Gasteiger partial charge in [0.1, 0.15) is 0 Å². The van der Waals surface area contributed by atoms with Crippen LogP contribution in [0.4, 0.5) is 0 Å². The minimum absolute atomic E-state index is 0.0189. The van der Waals surface area contributed by atoms with Gasteiger partial charge in [-0.1, -0.05) is 66.7 Å². The number of hydrogen-bond donors (Lipinski definition) is 0. The fourth-order valence-corrected chi connectivity index (χ4v) is 3.13. The maximum absolute atomic E-state index is 12.5. The Morgan fingerprint density at radius 2 is 1.26 bits per heavy atom. The van der Waals surface area contributed by atoms with E-state index in [9.17, 15) is 9.59 Å². The first-order valence-corrected chi connectivity index (χ1v) is 9.16. The van der Waals surface area contributed by atoms with Crippen molar-refractivity contribution >= 4 is 11.9 Å². The van der Waals surface area contributed by atoms with Crippen LogP contribution in [0.3, 0.4) is 0 Å². The molecule has 0 spiro atoms. The zero-order chi connectivity index (χ0) is 17.4. The largest absolute Gasteiger partial charge is 0.465 e. The van der Waals surface area contributed by atoms with Crippen LogP contribution in [0.15, 0.2) is 0 Å². The molecule has 0 aromatic heterocycles. The van der Waals surface area contributed by atoms with Gasteiger partial charge in [0, 0.05) is 0 Å². The van der Waals surface area contributed by atoms with Crippen LogP contribution >= 0.6 is 0 Å². The van der Waals surface area contributed by atoms with Crippen LogP contribution in [0, 0.1) is 29.6 Å². The van der Waals surface area contributed by atoms with Gasteiger partial charge in [-0.05, 0) is 23.7 Å². The van der Waals surface area contributed by atoms with E-state index >= 15 is 0 Å². The van der Waals surface area contributed by atoms with E-state index in [1.165, 1.54) is 19.3 Å². The molecule has 0 N–H and O–H groups in total. The second kappa shape index (κ2) is 9.94. The highest BCUT2D eigenvalue weighted by molar-refractivity contribution is 5.95. The van der Waals surface area contributed by atoms with Crippen LogP contribution in [-0.2, 0) is 19.1 Å². The summed E-state index contributed by atoms with van der Waals surface area (Å²) in [6.07, 6.45) is 5.80. The summed E-state index contributed by atoms with van der Waals surface area (Å²) in [6.45, 7) is 10.7. The highest BCUT2D eigenvalue weighted by Crippen LogP contribution is 2.35.